The third-order valence-electron chi connectivity index (χ3n) is 8.70. The lowest BCUT2D eigenvalue weighted by atomic mass is 9.78. The third kappa shape index (κ3) is 7.20. The predicted molar refractivity (Wildman–Crippen MR) is 152 cm³/mol. The minimum absolute atomic E-state index is 0.169. The van der Waals surface area contributed by atoms with E-state index < -0.39 is 11.7 Å². The van der Waals surface area contributed by atoms with Crippen molar-refractivity contribution in [2.75, 3.05) is 6.54 Å². The van der Waals surface area contributed by atoms with Crippen LogP contribution in [0.1, 0.15) is 95.4 Å². The molecule has 2 fully saturated rings. The maximum Gasteiger partial charge on any atom is 0.417 e. The van der Waals surface area contributed by atoms with Crippen LogP contribution in [0, 0.1) is 17.3 Å². The van der Waals surface area contributed by atoms with Crippen molar-refractivity contribution in [3.05, 3.63) is 59.4 Å². The summed E-state index contributed by atoms with van der Waals surface area (Å²) in [7, 11) is 0. The highest BCUT2D eigenvalue weighted by atomic mass is 32.2. The minimum atomic E-state index is -4.40. The third-order valence-corrected chi connectivity index (χ3v) is 10.1. The summed E-state index contributed by atoms with van der Waals surface area (Å²) >= 11 is 2.04. The lowest BCUT2D eigenvalue weighted by molar-refractivity contribution is -0.144. The largest absolute Gasteiger partial charge is 0.417 e. The number of alkyl halides is 3. The fourth-order valence-electron chi connectivity index (χ4n) is 6.98. The normalized spacial score (nSPS) is 24.2. The number of halogens is 3. The second-order valence-electron chi connectivity index (χ2n) is 11.7. The van der Waals surface area contributed by atoms with Gasteiger partial charge in [0.2, 0.25) is 5.91 Å². The van der Waals surface area contributed by atoms with E-state index in [2.05, 4.69) is 56.1 Å². The van der Waals surface area contributed by atoms with Gasteiger partial charge in [0.05, 0.1) is 11.0 Å². The van der Waals surface area contributed by atoms with Gasteiger partial charge in [-0.3, -0.25) is 9.78 Å². The van der Waals surface area contributed by atoms with Crippen molar-refractivity contribution < 1.29 is 18.0 Å². The number of hydrogen-bond donors (Lipinski definition) is 0. The predicted octanol–water partition coefficient (Wildman–Crippen LogP) is 8.95. The number of carbonyl (C=O) groups excluding carboxylic acids is 1. The maximum atomic E-state index is 13.3. The van der Waals surface area contributed by atoms with E-state index in [1.807, 2.05) is 11.8 Å². The van der Waals surface area contributed by atoms with Crippen LogP contribution in [0.25, 0.3) is 0 Å². The van der Waals surface area contributed by atoms with Crippen molar-refractivity contribution in [3.63, 3.8) is 0 Å². The Morgan fingerprint density at radius 3 is 2.56 bits per heavy atom. The smallest absolute Gasteiger partial charge is 0.337 e. The molecule has 0 bridgehead atoms. The van der Waals surface area contributed by atoms with Gasteiger partial charge < -0.3 is 4.90 Å². The zero-order valence-electron chi connectivity index (χ0n) is 23.6. The van der Waals surface area contributed by atoms with Gasteiger partial charge in [0, 0.05) is 41.5 Å². The summed E-state index contributed by atoms with van der Waals surface area (Å²) < 4.78 is 38.9. The van der Waals surface area contributed by atoms with Crippen LogP contribution in [0.3, 0.4) is 0 Å². The van der Waals surface area contributed by atoms with E-state index in [-0.39, 0.29) is 17.9 Å². The Hall–Kier alpha value is -2.02. The number of pyridine rings is 1. The molecule has 0 N–H and O–H groups in total. The summed E-state index contributed by atoms with van der Waals surface area (Å²) in [6.45, 7) is 7.57. The number of hydrogen-bond acceptors (Lipinski definition) is 3. The zero-order chi connectivity index (χ0) is 28.0. The monoisotopic (exact) mass is 560 g/mol. The Labute approximate surface area is 236 Å². The Kier molecular flexibility index (Phi) is 10.1. The quantitative estimate of drug-likeness (QED) is 0.317. The average Bonchev–Trinajstić information content (AvgIpc) is 3.45. The van der Waals surface area contributed by atoms with Crippen LogP contribution in [0.4, 0.5) is 13.2 Å². The van der Waals surface area contributed by atoms with E-state index in [1.54, 1.807) is 4.90 Å². The van der Waals surface area contributed by atoms with E-state index in [1.165, 1.54) is 36.6 Å². The second kappa shape index (κ2) is 13.1. The number of nitrogens with zero attached hydrogens (tertiary/aromatic N) is 2. The molecule has 3 nitrogen and oxygen atoms in total. The molecule has 1 amide bonds. The van der Waals surface area contributed by atoms with Crippen LogP contribution in [0.15, 0.2) is 47.5 Å². The Morgan fingerprint density at radius 2 is 1.90 bits per heavy atom. The van der Waals surface area contributed by atoms with Crippen LogP contribution in [-0.4, -0.2) is 27.6 Å². The highest BCUT2D eigenvalue weighted by molar-refractivity contribution is 8.00. The highest BCUT2D eigenvalue weighted by Gasteiger charge is 2.55. The molecule has 2 aromatic rings. The summed E-state index contributed by atoms with van der Waals surface area (Å²) in [6, 6.07) is 11.9. The van der Waals surface area contributed by atoms with E-state index in [9.17, 15) is 18.0 Å². The molecule has 1 aromatic carbocycles. The van der Waals surface area contributed by atoms with Gasteiger partial charge in [-0.1, -0.05) is 58.2 Å². The van der Waals surface area contributed by atoms with Crippen LogP contribution >= 0.6 is 11.8 Å². The highest BCUT2D eigenvalue weighted by Crippen LogP contribution is 2.57. The van der Waals surface area contributed by atoms with E-state index in [0.717, 1.165) is 43.6 Å². The van der Waals surface area contributed by atoms with Crippen molar-refractivity contribution in [2.45, 2.75) is 108 Å². The molecule has 2 unspecified atom stereocenters. The number of rotatable bonds is 7. The molecular formula is C32H43F3N2OS. The van der Waals surface area contributed by atoms with E-state index in [4.69, 9.17) is 0 Å². The Morgan fingerprint density at radius 1 is 1.18 bits per heavy atom. The number of aromatic nitrogens is 1. The van der Waals surface area contributed by atoms with Gasteiger partial charge >= 0.3 is 6.18 Å². The van der Waals surface area contributed by atoms with Crippen molar-refractivity contribution in [3.8, 4) is 0 Å². The topological polar surface area (TPSA) is 33.2 Å². The summed E-state index contributed by atoms with van der Waals surface area (Å²) in [5, 5.41) is 0.812. The summed E-state index contributed by atoms with van der Waals surface area (Å²) in [6.07, 6.45) is 7.49. The maximum absolute atomic E-state index is 13.3. The minimum Gasteiger partial charge on any atom is -0.337 e. The summed E-state index contributed by atoms with van der Waals surface area (Å²) in [4.78, 5) is 20.5. The molecular weight excluding hydrogens is 517 g/mol. The lowest BCUT2D eigenvalue weighted by Gasteiger charge is -2.37. The summed E-state index contributed by atoms with van der Waals surface area (Å²) in [5.74, 6) is 1.18. The molecule has 2 heterocycles. The number of fused-ring (bicyclic) bond motifs is 2. The molecule has 7 heteroatoms. The molecule has 0 radical (unpaired) electrons. The van der Waals surface area contributed by atoms with Gasteiger partial charge in [-0.15, -0.1) is 11.8 Å². The first-order chi connectivity index (χ1) is 18.7. The molecule has 0 spiro atoms. The SMILES string of the molecule is CCCC(CCC)Sc1ccccc1.C[C@@H]1CC2CCCC2(C(=O)N2CCc3ncc(C(F)(F)F)cc3C2)C1. The number of amides is 1. The molecule has 214 valence electrons. The Bertz CT molecular complexity index is 1090. The first kappa shape index (κ1) is 30.0. The standard InChI is InChI=1S/C19H23F3N2O.C13H20S/c1-12-7-14-3-2-5-18(14,9-12)17(25)24-6-4-16-13(11-24)8-15(10-23-16)19(20,21)22;1-3-8-12(9-4-2)14-13-10-6-5-7-11-13/h8,10,12,14H,2-7,9,11H2,1H3;5-7,10-12H,3-4,8-9H2,1-2H3/t12-,14?,18?;/m1./s1. The van der Waals surface area contributed by atoms with Crippen molar-refractivity contribution in [2.24, 2.45) is 17.3 Å². The molecule has 5 rings (SSSR count). The van der Waals surface area contributed by atoms with Crippen molar-refractivity contribution in [1.82, 2.24) is 9.88 Å². The van der Waals surface area contributed by atoms with Crippen molar-refractivity contribution >= 4 is 17.7 Å². The van der Waals surface area contributed by atoms with Gasteiger partial charge in [0.1, 0.15) is 0 Å². The van der Waals surface area contributed by atoms with Crippen molar-refractivity contribution in [1.29, 1.82) is 0 Å². The summed E-state index contributed by atoms with van der Waals surface area (Å²) in [5.41, 5.74) is 0.252. The molecule has 1 aromatic heterocycles. The zero-order valence-corrected chi connectivity index (χ0v) is 24.4. The van der Waals surface area contributed by atoms with Gasteiger partial charge in [-0.25, -0.2) is 0 Å². The van der Waals surface area contributed by atoms with Gasteiger partial charge in [0.25, 0.3) is 0 Å². The molecule has 2 aliphatic carbocycles. The lowest BCUT2D eigenvalue weighted by Crippen LogP contribution is -2.46. The molecule has 2 saturated carbocycles. The van der Waals surface area contributed by atoms with Gasteiger partial charge in [-0.2, -0.15) is 13.2 Å². The van der Waals surface area contributed by atoms with E-state index in [0.29, 0.717) is 36.1 Å². The molecule has 1 aliphatic heterocycles. The number of benzene rings is 1. The molecule has 3 aliphatic rings. The Balaban J connectivity index is 0.000000215. The second-order valence-corrected chi connectivity index (χ2v) is 13.1. The fraction of sp³-hybridized carbons (Fsp3) is 0.625. The first-order valence-corrected chi connectivity index (χ1v) is 15.6. The van der Waals surface area contributed by atoms with Gasteiger partial charge in [-0.05, 0) is 74.1 Å². The fourth-order valence-corrected chi connectivity index (χ4v) is 8.39. The van der Waals surface area contributed by atoms with Gasteiger partial charge in [0.15, 0.2) is 0 Å². The average molecular weight is 561 g/mol. The number of thioether (sulfide) groups is 1. The molecule has 39 heavy (non-hydrogen) atoms. The molecule has 3 atom stereocenters. The first-order valence-electron chi connectivity index (χ1n) is 14.7. The molecule has 0 saturated heterocycles. The van der Waals surface area contributed by atoms with Crippen LogP contribution in [-0.2, 0) is 23.9 Å². The van der Waals surface area contributed by atoms with Crippen LogP contribution < -0.4 is 0 Å². The van der Waals surface area contributed by atoms with Crippen LogP contribution in [0.2, 0.25) is 0 Å². The number of carbonyl (C=O) groups is 1. The van der Waals surface area contributed by atoms with E-state index >= 15 is 0 Å². The van der Waals surface area contributed by atoms with Crippen LogP contribution in [0.5, 0.6) is 0 Å².